The molecule has 0 fully saturated rings. The van der Waals surface area contributed by atoms with Crippen LogP contribution in [0.2, 0.25) is 0 Å². The molecule has 128 valence electrons. The molecule has 1 aromatic heterocycles. The molecule has 0 atom stereocenters. The maximum absolute atomic E-state index is 12.2. The number of amides is 1. The molecular formula is C19H19N3O2S. The highest BCUT2D eigenvalue weighted by Crippen LogP contribution is 2.31. The minimum absolute atomic E-state index is 0.0747. The van der Waals surface area contributed by atoms with Gasteiger partial charge in [-0.05, 0) is 30.2 Å². The topological polar surface area (TPSA) is 77.2 Å². The van der Waals surface area contributed by atoms with Crippen molar-refractivity contribution in [3.63, 3.8) is 0 Å². The number of rotatable bonds is 6. The van der Waals surface area contributed by atoms with Gasteiger partial charge in [-0.3, -0.25) is 4.79 Å². The van der Waals surface area contributed by atoms with Crippen LogP contribution >= 0.6 is 11.3 Å². The number of aryl methyl sites for hydroxylation is 1. The van der Waals surface area contributed by atoms with E-state index in [0.29, 0.717) is 10.9 Å². The van der Waals surface area contributed by atoms with Gasteiger partial charge in [0.15, 0.2) is 11.7 Å². The first kappa shape index (κ1) is 17.0. The van der Waals surface area contributed by atoms with Crippen LogP contribution in [0.4, 0.5) is 10.8 Å². The number of thiazole rings is 1. The number of nitrogens with two attached hydrogens (primary N) is 1. The van der Waals surface area contributed by atoms with Gasteiger partial charge in [-0.1, -0.05) is 37.3 Å². The van der Waals surface area contributed by atoms with Crippen molar-refractivity contribution < 1.29 is 9.53 Å². The van der Waals surface area contributed by atoms with E-state index in [1.165, 1.54) is 11.3 Å². The highest BCUT2D eigenvalue weighted by Gasteiger charge is 2.11. The number of para-hydroxylation sites is 2. The Morgan fingerprint density at radius 1 is 1.20 bits per heavy atom. The van der Waals surface area contributed by atoms with E-state index in [1.807, 2.05) is 53.9 Å². The molecule has 3 N–H and O–H groups in total. The third kappa shape index (κ3) is 4.16. The quantitative estimate of drug-likeness (QED) is 0.703. The van der Waals surface area contributed by atoms with E-state index in [-0.39, 0.29) is 12.5 Å². The summed E-state index contributed by atoms with van der Waals surface area (Å²) in [7, 11) is 0. The summed E-state index contributed by atoms with van der Waals surface area (Å²) in [5, 5.41) is 5.27. The average Bonchev–Trinajstić information content (AvgIpc) is 3.07. The Morgan fingerprint density at radius 3 is 2.72 bits per heavy atom. The third-order valence-corrected chi connectivity index (χ3v) is 4.39. The standard InChI is InChI=1S/C19H19N3O2S/c1-2-13-7-3-5-9-15(13)21-18(23)11-24-17-10-6-4-8-14(17)16-12-25-19(20)22-16/h3-10,12H,2,11H2,1H3,(H2,20,22)(H,21,23). The number of nitrogens with zero attached hydrogens (tertiary/aromatic N) is 1. The molecule has 0 aliphatic heterocycles. The lowest BCUT2D eigenvalue weighted by atomic mass is 10.1. The summed E-state index contributed by atoms with van der Waals surface area (Å²) in [6.07, 6.45) is 0.853. The number of nitrogen functional groups attached to an aromatic ring is 1. The van der Waals surface area contributed by atoms with E-state index in [4.69, 9.17) is 10.5 Å². The van der Waals surface area contributed by atoms with Crippen LogP contribution in [0.5, 0.6) is 5.75 Å². The molecular weight excluding hydrogens is 334 g/mol. The number of carbonyl (C=O) groups excluding carboxylic acids is 1. The second-order valence-corrected chi connectivity index (χ2v) is 6.30. The van der Waals surface area contributed by atoms with Gasteiger partial charge in [0.05, 0.1) is 5.69 Å². The minimum atomic E-state index is -0.200. The number of hydrogen-bond donors (Lipinski definition) is 2. The molecule has 0 aliphatic carbocycles. The number of anilines is 2. The molecule has 0 radical (unpaired) electrons. The molecule has 0 aliphatic rings. The van der Waals surface area contributed by atoms with Crippen molar-refractivity contribution in [3.8, 4) is 17.0 Å². The Hall–Kier alpha value is -2.86. The lowest BCUT2D eigenvalue weighted by Gasteiger charge is -2.12. The van der Waals surface area contributed by atoms with Crippen molar-refractivity contribution >= 4 is 28.1 Å². The fraction of sp³-hybridized carbons (Fsp3) is 0.158. The second kappa shape index (κ2) is 7.81. The molecule has 25 heavy (non-hydrogen) atoms. The number of ether oxygens (including phenoxy) is 1. The molecule has 0 spiro atoms. The predicted molar refractivity (Wildman–Crippen MR) is 102 cm³/mol. The van der Waals surface area contributed by atoms with E-state index in [1.54, 1.807) is 0 Å². The number of aromatic nitrogens is 1. The molecule has 5 nitrogen and oxygen atoms in total. The Morgan fingerprint density at radius 2 is 1.96 bits per heavy atom. The molecule has 1 amide bonds. The summed E-state index contributed by atoms with van der Waals surface area (Å²) in [6.45, 7) is 1.98. The van der Waals surface area contributed by atoms with Crippen molar-refractivity contribution in [1.82, 2.24) is 4.98 Å². The number of carbonyl (C=O) groups is 1. The van der Waals surface area contributed by atoms with Gasteiger partial charge in [0.2, 0.25) is 0 Å². The fourth-order valence-corrected chi connectivity index (χ4v) is 3.06. The summed E-state index contributed by atoms with van der Waals surface area (Å²) >= 11 is 1.37. The highest BCUT2D eigenvalue weighted by molar-refractivity contribution is 7.13. The van der Waals surface area contributed by atoms with E-state index in [0.717, 1.165) is 28.9 Å². The van der Waals surface area contributed by atoms with Gasteiger partial charge < -0.3 is 15.8 Å². The van der Waals surface area contributed by atoms with Gasteiger partial charge in [0, 0.05) is 16.6 Å². The lowest BCUT2D eigenvalue weighted by molar-refractivity contribution is -0.118. The Bertz CT molecular complexity index is 876. The molecule has 0 unspecified atom stereocenters. The highest BCUT2D eigenvalue weighted by atomic mass is 32.1. The van der Waals surface area contributed by atoms with Crippen LogP contribution in [0.25, 0.3) is 11.3 Å². The number of hydrogen-bond acceptors (Lipinski definition) is 5. The van der Waals surface area contributed by atoms with E-state index in [2.05, 4.69) is 17.2 Å². The molecule has 0 saturated heterocycles. The van der Waals surface area contributed by atoms with Crippen LogP contribution in [0.15, 0.2) is 53.9 Å². The van der Waals surface area contributed by atoms with Gasteiger partial charge in [0.25, 0.3) is 5.91 Å². The first-order valence-corrected chi connectivity index (χ1v) is 8.86. The molecule has 1 heterocycles. The Balaban J connectivity index is 1.69. The van der Waals surface area contributed by atoms with Crippen molar-refractivity contribution in [3.05, 3.63) is 59.5 Å². The lowest BCUT2D eigenvalue weighted by Crippen LogP contribution is -2.21. The maximum Gasteiger partial charge on any atom is 0.262 e. The van der Waals surface area contributed by atoms with Crippen molar-refractivity contribution in [2.45, 2.75) is 13.3 Å². The van der Waals surface area contributed by atoms with Gasteiger partial charge >= 0.3 is 0 Å². The maximum atomic E-state index is 12.2. The zero-order valence-corrected chi connectivity index (χ0v) is 14.7. The van der Waals surface area contributed by atoms with Crippen LogP contribution in [0, 0.1) is 0 Å². The molecule has 6 heteroatoms. The fourth-order valence-electron chi connectivity index (χ4n) is 2.50. The number of nitrogens with one attached hydrogen (secondary N) is 1. The smallest absolute Gasteiger partial charge is 0.262 e. The minimum Gasteiger partial charge on any atom is -0.483 e. The van der Waals surface area contributed by atoms with Gasteiger partial charge in [0.1, 0.15) is 5.75 Å². The molecule has 2 aromatic carbocycles. The van der Waals surface area contributed by atoms with E-state index in [9.17, 15) is 4.79 Å². The van der Waals surface area contributed by atoms with E-state index < -0.39 is 0 Å². The molecule has 3 rings (SSSR count). The van der Waals surface area contributed by atoms with Crippen LogP contribution in [-0.4, -0.2) is 17.5 Å². The average molecular weight is 353 g/mol. The van der Waals surface area contributed by atoms with Gasteiger partial charge in [-0.2, -0.15) is 0 Å². The van der Waals surface area contributed by atoms with Crippen LogP contribution in [-0.2, 0) is 11.2 Å². The Labute approximate surface area is 150 Å². The summed E-state index contributed by atoms with van der Waals surface area (Å²) < 4.78 is 5.72. The first-order chi connectivity index (χ1) is 12.2. The molecule has 0 bridgehead atoms. The van der Waals surface area contributed by atoms with Gasteiger partial charge in [-0.15, -0.1) is 11.3 Å². The third-order valence-electron chi connectivity index (χ3n) is 3.72. The zero-order chi connectivity index (χ0) is 17.6. The monoisotopic (exact) mass is 353 g/mol. The van der Waals surface area contributed by atoms with Crippen LogP contribution in [0.3, 0.4) is 0 Å². The second-order valence-electron chi connectivity index (χ2n) is 5.41. The van der Waals surface area contributed by atoms with Crippen molar-refractivity contribution in [1.29, 1.82) is 0 Å². The largest absolute Gasteiger partial charge is 0.483 e. The van der Waals surface area contributed by atoms with Crippen LogP contribution < -0.4 is 15.8 Å². The van der Waals surface area contributed by atoms with E-state index >= 15 is 0 Å². The molecule has 3 aromatic rings. The summed E-state index contributed by atoms with van der Waals surface area (Å²) in [6, 6.07) is 15.2. The summed E-state index contributed by atoms with van der Waals surface area (Å²) in [4.78, 5) is 16.5. The van der Waals surface area contributed by atoms with Crippen molar-refractivity contribution in [2.75, 3.05) is 17.7 Å². The zero-order valence-electron chi connectivity index (χ0n) is 13.9. The van der Waals surface area contributed by atoms with Crippen LogP contribution in [0.1, 0.15) is 12.5 Å². The summed E-state index contributed by atoms with van der Waals surface area (Å²) in [5.74, 6) is 0.403. The Kier molecular flexibility index (Phi) is 5.30. The normalized spacial score (nSPS) is 10.4. The molecule has 0 saturated carbocycles. The first-order valence-electron chi connectivity index (χ1n) is 7.98. The number of benzene rings is 2. The predicted octanol–water partition coefficient (Wildman–Crippen LogP) is 3.97. The van der Waals surface area contributed by atoms with Gasteiger partial charge in [-0.25, -0.2) is 4.98 Å². The SMILES string of the molecule is CCc1ccccc1NC(=O)COc1ccccc1-c1csc(N)n1. The van der Waals surface area contributed by atoms with Crippen molar-refractivity contribution in [2.24, 2.45) is 0 Å². The summed E-state index contributed by atoms with van der Waals surface area (Å²) in [5.41, 5.74) is 9.18.